The number of rotatable bonds is 4. The average Bonchev–Trinajstić information content (AvgIpc) is 2.57. The number of hydrogen-bond donors (Lipinski definition) is 1. The Morgan fingerprint density at radius 3 is 2.28 bits per heavy atom. The third kappa shape index (κ3) is 3.45. The molecule has 1 aliphatic heterocycles. The SMILES string of the molecule is Cc1cccc(C)c1CS(=O)(=O)N1Cc2ccccc2C[C@@H]1C(=O)O. The zero-order valence-electron chi connectivity index (χ0n) is 14.3. The van der Waals surface area contributed by atoms with Gasteiger partial charge in [-0.05, 0) is 41.7 Å². The number of aliphatic carboxylic acids is 1. The van der Waals surface area contributed by atoms with Gasteiger partial charge in [-0.1, -0.05) is 42.5 Å². The second kappa shape index (κ2) is 6.61. The van der Waals surface area contributed by atoms with Gasteiger partial charge in [0.2, 0.25) is 10.0 Å². The van der Waals surface area contributed by atoms with Gasteiger partial charge in [-0.2, -0.15) is 4.31 Å². The number of fused-ring (bicyclic) bond motifs is 1. The lowest BCUT2D eigenvalue weighted by Crippen LogP contribution is -2.49. The van der Waals surface area contributed by atoms with E-state index in [9.17, 15) is 18.3 Å². The van der Waals surface area contributed by atoms with Crippen molar-refractivity contribution < 1.29 is 18.3 Å². The van der Waals surface area contributed by atoms with Crippen molar-refractivity contribution >= 4 is 16.0 Å². The Balaban J connectivity index is 1.99. The largest absolute Gasteiger partial charge is 0.480 e. The number of hydrogen-bond acceptors (Lipinski definition) is 3. The summed E-state index contributed by atoms with van der Waals surface area (Å²) in [6.07, 6.45) is 0.192. The Morgan fingerprint density at radius 1 is 1.08 bits per heavy atom. The molecule has 0 aromatic heterocycles. The van der Waals surface area contributed by atoms with Crippen LogP contribution in [0.25, 0.3) is 0 Å². The molecule has 0 saturated heterocycles. The third-order valence-electron chi connectivity index (χ3n) is 4.82. The Labute approximate surface area is 148 Å². The predicted octanol–water partition coefficient (Wildman–Crippen LogP) is 2.64. The van der Waals surface area contributed by atoms with Gasteiger partial charge in [0, 0.05) is 13.0 Å². The standard InChI is InChI=1S/C19H21NO4S/c1-13-6-5-7-14(2)17(13)12-25(23,24)20-11-16-9-4-3-8-15(16)10-18(20)19(21)22/h3-9,18H,10-12H2,1-2H3,(H,21,22)/t18-/m1/s1. The van der Waals surface area contributed by atoms with Crippen LogP contribution in [0.3, 0.4) is 0 Å². The Morgan fingerprint density at radius 2 is 1.68 bits per heavy atom. The van der Waals surface area contributed by atoms with E-state index in [0.29, 0.717) is 0 Å². The number of benzene rings is 2. The zero-order valence-corrected chi connectivity index (χ0v) is 15.1. The van der Waals surface area contributed by atoms with Crippen LogP contribution in [0.1, 0.15) is 27.8 Å². The number of carboxylic acid groups (broad SMARTS) is 1. The molecule has 3 rings (SSSR count). The quantitative estimate of drug-likeness (QED) is 0.911. The van der Waals surface area contributed by atoms with Gasteiger partial charge in [-0.15, -0.1) is 0 Å². The zero-order chi connectivity index (χ0) is 18.2. The summed E-state index contributed by atoms with van der Waals surface area (Å²) in [4.78, 5) is 11.7. The van der Waals surface area contributed by atoms with Crippen LogP contribution in [-0.4, -0.2) is 29.8 Å². The second-order valence-electron chi connectivity index (χ2n) is 6.50. The average molecular weight is 359 g/mol. The molecule has 0 bridgehead atoms. The minimum atomic E-state index is -3.77. The van der Waals surface area contributed by atoms with Gasteiger partial charge in [0.25, 0.3) is 0 Å². The van der Waals surface area contributed by atoms with Gasteiger partial charge in [0.05, 0.1) is 5.75 Å². The van der Waals surface area contributed by atoms with Crippen molar-refractivity contribution in [3.05, 3.63) is 70.3 Å². The topological polar surface area (TPSA) is 74.7 Å². The highest BCUT2D eigenvalue weighted by molar-refractivity contribution is 7.88. The minimum absolute atomic E-state index is 0.0976. The van der Waals surface area contributed by atoms with Crippen LogP contribution in [0.15, 0.2) is 42.5 Å². The molecular weight excluding hydrogens is 338 g/mol. The normalized spacial score (nSPS) is 17.9. The minimum Gasteiger partial charge on any atom is -0.480 e. The van der Waals surface area contributed by atoms with E-state index in [4.69, 9.17) is 0 Å². The first-order valence-corrected chi connectivity index (χ1v) is 9.74. The molecule has 0 saturated carbocycles. The highest BCUT2D eigenvalue weighted by atomic mass is 32.2. The summed E-state index contributed by atoms with van der Waals surface area (Å²) >= 11 is 0. The summed E-state index contributed by atoms with van der Waals surface area (Å²) in [5.74, 6) is -1.29. The van der Waals surface area contributed by atoms with Crippen molar-refractivity contribution in [3.63, 3.8) is 0 Å². The van der Waals surface area contributed by atoms with Crippen molar-refractivity contribution in [3.8, 4) is 0 Å². The molecule has 0 unspecified atom stereocenters. The van der Waals surface area contributed by atoms with E-state index in [1.807, 2.05) is 56.3 Å². The lowest BCUT2D eigenvalue weighted by Gasteiger charge is -2.33. The molecule has 132 valence electrons. The molecule has 0 radical (unpaired) electrons. The summed E-state index contributed by atoms with van der Waals surface area (Å²) in [5, 5.41) is 9.57. The van der Waals surface area contributed by atoms with Crippen molar-refractivity contribution in [1.82, 2.24) is 4.31 Å². The maximum atomic E-state index is 13.0. The Kier molecular flexibility index (Phi) is 4.67. The van der Waals surface area contributed by atoms with Gasteiger partial charge in [0.15, 0.2) is 0 Å². The van der Waals surface area contributed by atoms with E-state index < -0.39 is 22.0 Å². The molecule has 0 fully saturated rings. The molecule has 0 spiro atoms. The fraction of sp³-hybridized carbons (Fsp3) is 0.316. The highest BCUT2D eigenvalue weighted by Crippen LogP contribution is 2.28. The molecule has 6 heteroatoms. The van der Waals surface area contributed by atoms with Crippen LogP contribution in [0.4, 0.5) is 0 Å². The molecule has 1 N–H and O–H groups in total. The Hall–Kier alpha value is -2.18. The molecule has 2 aromatic rings. The van der Waals surface area contributed by atoms with Gasteiger partial charge in [-0.3, -0.25) is 4.79 Å². The van der Waals surface area contributed by atoms with Crippen molar-refractivity contribution in [2.24, 2.45) is 0 Å². The van der Waals surface area contributed by atoms with Gasteiger partial charge in [0.1, 0.15) is 6.04 Å². The third-order valence-corrected chi connectivity index (χ3v) is 6.57. The van der Waals surface area contributed by atoms with Crippen LogP contribution in [-0.2, 0) is 33.5 Å². The number of carbonyl (C=O) groups is 1. The molecule has 25 heavy (non-hydrogen) atoms. The van der Waals surface area contributed by atoms with E-state index in [0.717, 1.165) is 32.1 Å². The summed E-state index contributed by atoms with van der Waals surface area (Å²) in [5.41, 5.74) is 4.30. The number of carboxylic acids is 1. The summed E-state index contributed by atoms with van der Waals surface area (Å²) in [6, 6.07) is 12.0. The van der Waals surface area contributed by atoms with Crippen LogP contribution in [0, 0.1) is 13.8 Å². The summed E-state index contributed by atoms with van der Waals surface area (Å²) < 4.78 is 27.2. The monoisotopic (exact) mass is 359 g/mol. The van der Waals surface area contributed by atoms with Crippen LogP contribution >= 0.6 is 0 Å². The molecule has 1 atom stereocenters. The molecule has 5 nitrogen and oxygen atoms in total. The number of nitrogens with zero attached hydrogens (tertiary/aromatic N) is 1. The van der Waals surface area contributed by atoms with Crippen LogP contribution in [0.2, 0.25) is 0 Å². The smallest absolute Gasteiger partial charge is 0.322 e. The maximum absolute atomic E-state index is 13.0. The first-order valence-electron chi connectivity index (χ1n) is 8.14. The van der Waals surface area contributed by atoms with Crippen molar-refractivity contribution in [2.75, 3.05) is 0 Å². The Bertz CT molecular complexity index is 901. The number of sulfonamides is 1. The van der Waals surface area contributed by atoms with E-state index in [1.165, 1.54) is 0 Å². The van der Waals surface area contributed by atoms with Gasteiger partial charge in [-0.25, -0.2) is 8.42 Å². The van der Waals surface area contributed by atoms with Crippen LogP contribution in [0.5, 0.6) is 0 Å². The van der Waals surface area contributed by atoms with Gasteiger partial charge >= 0.3 is 5.97 Å². The fourth-order valence-corrected chi connectivity index (χ4v) is 5.22. The summed E-state index contributed by atoms with van der Waals surface area (Å²) in [6.45, 7) is 3.84. The maximum Gasteiger partial charge on any atom is 0.322 e. The molecule has 2 aromatic carbocycles. The second-order valence-corrected chi connectivity index (χ2v) is 8.42. The molecule has 0 amide bonds. The van der Waals surface area contributed by atoms with E-state index in [2.05, 4.69) is 0 Å². The predicted molar refractivity (Wildman–Crippen MR) is 95.7 cm³/mol. The van der Waals surface area contributed by atoms with Crippen molar-refractivity contribution in [1.29, 1.82) is 0 Å². The first-order chi connectivity index (χ1) is 11.8. The lowest BCUT2D eigenvalue weighted by atomic mass is 9.96. The molecular formula is C19H21NO4S. The van der Waals surface area contributed by atoms with Gasteiger partial charge < -0.3 is 5.11 Å². The van der Waals surface area contributed by atoms with E-state index in [1.54, 1.807) is 0 Å². The lowest BCUT2D eigenvalue weighted by molar-refractivity contribution is -0.141. The first kappa shape index (κ1) is 17.6. The van der Waals surface area contributed by atoms with E-state index >= 15 is 0 Å². The van der Waals surface area contributed by atoms with E-state index in [-0.39, 0.29) is 18.7 Å². The molecule has 0 aliphatic carbocycles. The fourth-order valence-electron chi connectivity index (χ4n) is 3.34. The van der Waals surface area contributed by atoms with Crippen molar-refractivity contribution in [2.45, 2.75) is 38.6 Å². The molecule has 1 heterocycles. The van der Waals surface area contributed by atoms with Crippen LogP contribution < -0.4 is 0 Å². The summed E-state index contributed by atoms with van der Waals surface area (Å²) in [7, 11) is -3.77. The highest BCUT2D eigenvalue weighted by Gasteiger charge is 2.39. The molecule has 1 aliphatic rings. The number of aryl methyl sites for hydroxylation is 2.